The third-order valence-electron chi connectivity index (χ3n) is 7.48. The number of likely N-dealkylation sites (tertiary alicyclic amines) is 2. The summed E-state index contributed by atoms with van der Waals surface area (Å²) < 4.78 is 5.47. The first-order chi connectivity index (χ1) is 17.9. The number of hydrogen-bond acceptors (Lipinski definition) is 6. The first kappa shape index (κ1) is 24.8. The number of fused-ring (bicyclic) bond motifs is 3. The number of benzene rings is 2. The van der Waals surface area contributed by atoms with Gasteiger partial charge in [-0.05, 0) is 47.9 Å². The predicted molar refractivity (Wildman–Crippen MR) is 131 cm³/mol. The molecule has 0 saturated carbocycles. The van der Waals surface area contributed by atoms with Crippen LogP contribution in [0.2, 0.25) is 0 Å². The number of aliphatic carboxylic acids is 1. The first-order valence-corrected chi connectivity index (χ1v) is 12.5. The van der Waals surface area contributed by atoms with Gasteiger partial charge in [-0.25, -0.2) is 9.59 Å². The fourth-order valence-corrected chi connectivity index (χ4v) is 5.73. The molecule has 0 aromatic heterocycles. The Hall–Kier alpha value is -3.92. The Balaban J connectivity index is 1.17. The van der Waals surface area contributed by atoms with E-state index in [4.69, 9.17) is 4.74 Å². The highest BCUT2D eigenvalue weighted by Crippen LogP contribution is 2.44. The highest BCUT2D eigenvalue weighted by Gasteiger charge is 2.45. The second-order valence-corrected chi connectivity index (χ2v) is 9.58. The van der Waals surface area contributed by atoms with Crippen LogP contribution in [0.25, 0.3) is 11.1 Å². The number of aliphatic hydroxyl groups excluding tert-OH is 1. The summed E-state index contributed by atoms with van der Waals surface area (Å²) in [6.45, 7) is 0.0664. The van der Waals surface area contributed by atoms with Crippen LogP contribution in [0.15, 0.2) is 48.5 Å². The minimum absolute atomic E-state index is 0.108. The number of nitrogens with one attached hydrogen (secondary N) is 1. The van der Waals surface area contributed by atoms with Gasteiger partial charge in [0.05, 0.1) is 0 Å². The van der Waals surface area contributed by atoms with Crippen LogP contribution in [-0.4, -0.2) is 81.9 Å². The summed E-state index contributed by atoms with van der Waals surface area (Å²) in [4.78, 5) is 52.2. The van der Waals surface area contributed by atoms with Crippen molar-refractivity contribution in [3.05, 3.63) is 59.7 Å². The number of alkyl carbamates (subject to hydrolysis) is 1. The molecule has 5 rings (SSSR count). The average molecular weight is 508 g/mol. The minimum atomic E-state index is -1.19. The van der Waals surface area contributed by atoms with Crippen LogP contribution in [0.5, 0.6) is 0 Å². The number of carbonyl (C=O) groups excluding carboxylic acids is 3. The van der Waals surface area contributed by atoms with Gasteiger partial charge in [-0.1, -0.05) is 48.5 Å². The molecule has 10 nitrogen and oxygen atoms in total. The molecule has 3 atom stereocenters. The lowest BCUT2D eigenvalue weighted by Gasteiger charge is -2.31. The summed E-state index contributed by atoms with van der Waals surface area (Å²) in [5.41, 5.74) is 4.38. The van der Waals surface area contributed by atoms with Gasteiger partial charge in [-0.15, -0.1) is 0 Å². The summed E-state index contributed by atoms with van der Waals surface area (Å²) in [5.74, 6) is -2.34. The predicted octanol–water partition coefficient (Wildman–Crippen LogP) is 1.91. The Morgan fingerprint density at radius 3 is 2.22 bits per heavy atom. The maximum Gasteiger partial charge on any atom is 0.407 e. The number of nitrogens with zero attached hydrogens (tertiary/aromatic N) is 2. The van der Waals surface area contributed by atoms with Crippen molar-refractivity contribution in [3.63, 3.8) is 0 Å². The van der Waals surface area contributed by atoms with Crippen LogP contribution < -0.4 is 5.32 Å². The molecule has 10 heteroatoms. The third-order valence-corrected chi connectivity index (χ3v) is 7.48. The molecule has 3 aliphatic rings. The molecule has 3 N–H and O–H groups in total. The second-order valence-electron chi connectivity index (χ2n) is 9.58. The quantitative estimate of drug-likeness (QED) is 0.543. The number of amides is 3. The second kappa shape index (κ2) is 10.2. The van der Waals surface area contributed by atoms with E-state index in [2.05, 4.69) is 5.32 Å². The number of carbonyl (C=O) groups is 4. The smallest absolute Gasteiger partial charge is 0.407 e. The van der Waals surface area contributed by atoms with Crippen LogP contribution in [0.1, 0.15) is 42.7 Å². The highest BCUT2D eigenvalue weighted by atomic mass is 16.5. The molecule has 37 heavy (non-hydrogen) atoms. The molecular formula is C27H29N3O7. The molecule has 2 saturated heterocycles. The van der Waals surface area contributed by atoms with E-state index in [1.54, 1.807) is 0 Å². The lowest BCUT2D eigenvalue weighted by molar-refractivity contribution is -0.158. The average Bonchev–Trinajstić information content (AvgIpc) is 3.62. The van der Waals surface area contributed by atoms with Crippen molar-refractivity contribution in [1.82, 2.24) is 15.1 Å². The van der Waals surface area contributed by atoms with Crippen molar-refractivity contribution in [2.75, 3.05) is 19.7 Å². The molecule has 0 bridgehead atoms. The molecule has 3 amide bonds. The number of ether oxygens (including phenoxy) is 1. The zero-order valence-corrected chi connectivity index (χ0v) is 20.2. The van der Waals surface area contributed by atoms with Crippen molar-refractivity contribution in [1.29, 1.82) is 0 Å². The van der Waals surface area contributed by atoms with Crippen LogP contribution in [0.3, 0.4) is 0 Å². The lowest BCUT2D eigenvalue weighted by Crippen LogP contribution is -2.54. The number of carboxylic acid groups (broad SMARTS) is 1. The number of hydrogen-bond donors (Lipinski definition) is 3. The van der Waals surface area contributed by atoms with E-state index in [0.29, 0.717) is 19.4 Å². The monoisotopic (exact) mass is 507 g/mol. The summed E-state index contributed by atoms with van der Waals surface area (Å²) in [7, 11) is 0. The third kappa shape index (κ3) is 4.64. The zero-order chi connectivity index (χ0) is 26.1. The van der Waals surface area contributed by atoms with E-state index in [0.717, 1.165) is 27.2 Å². The van der Waals surface area contributed by atoms with Crippen molar-refractivity contribution < 1.29 is 34.1 Å². The minimum Gasteiger partial charge on any atom is -0.480 e. The first-order valence-electron chi connectivity index (χ1n) is 12.5. The van der Waals surface area contributed by atoms with Gasteiger partial charge in [0.2, 0.25) is 11.8 Å². The van der Waals surface area contributed by atoms with Gasteiger partial charge in [0.1, 0.15) is 31.5 Å². The van der Waals surface area contributed by atoms with E-state index >= 15 is 0 Å². The lowest BCUT2D eigenvalue weighted by atomic mass is 9.98. The Kier molecular flexibility index (Phi) is 6.84. The zero-order valence-electron chi connectivity index (χ0n) is 20.2. The summed E-state index contributed by atoms with van der Waals surface area (Å²) in [6.07, 6.45) is -0.665. The topological polar surface area (TPSA) is 136 Å². The fourth-order valence-electron chi connectivity index (χ4n) is 5.73. The molecule has 0 spiro atoms. The SMILES string of the molecule is O=C(NCC(=O)N1CCC[C@@H]1C(=O)N1[C@@H](C(=O)O)CC[C@@H]1O)OCC1c2ccccc2-c2ccccc21. The summed E-state index contributed by atoms with van der Waals surface area (Å²) >= 11 is 0. The van der Waals surface area contributed by atoms with E-state index in [-0.39, 0.29) is 31.9 Å². The maximum atomic E-state index is 13.1. The molecule has 194 valence electrons. The Labute approximate surface area is 213 Å². The van der Waals surface area contributed by atoms with E-state index < -0.39 is 42.2 Å². The van der Waals surface area contributed by atoms with Crippen LogP contribution >= 0.6 is 0 Å². The Bertz CT molecular complexity index is 1190. The molecular weight excluding hydrogens is 478 g/mol. The molecule has 2 aromatic rings. The van der Waals surface area contributed by atoms with Crippen molar-refractivity contribution in [2.24, 2.45) is 0 Å². The Morgan fingerprint density at radius 1 is 0.919 bits per heavy atom. The van der Waals surface area contributed by atoms with Crippen molar-refractivity contribution in [2.45, 2.75) is 49.9 Å². The van der Waals surface area contributed by atoms with Gasteiger partial charge < -0.3 is 30.1 Å². The maximum absolute atomic E-state index is 13.1. The van der Waals surface area contributed by atoms with E-state index in [1.165, 1.54) is 4.90 Å². The van der Waals surface area contributed by atoms with Crippen molar-refractivity contribution in [3.8, 4) is 11.1 Å². The van der Waals surface area contributed by atoms with E-state index in [9.17, 15) is 29.4 Å². The molecule has 2 fully saturated rings. The number of carboxylic acids is 1. The van der Waals surface area contributed by atoms with Gasteiger partial charge in [-0.2, -0.15) is 0 Å². The Morgan fingerprint density at radius 2 is 1.57 bits per heavy atom. The normalized spacial score (nSPS) is 22.5. The molecule has 0 radical (unpaired) electrons. The van der Waals surface area contributed by atoms with Crippen LogP contribution in [0, 0.1) is 0 Å². The summed E-state index contributed by atoms with van der Waals surface area (Å²) in [5, 5.41) is 22.1. The fraction of sp³-hybridized carbons (Fsp3) is 0.407. The molecule has 2 aliphatic heterocycles. The highest BCUT2D eigenvalue weighted by molar-refractivity contribution is 5.92. The van der Waals surface area contributed by atoms with Gasteiger partial charge >= 0.3 is 12.1 Å². The standard InChI is InChI=1S/C27H29N3O7/c31-23-12-11-22(26(34)35)30(23)25(33)21-10-5-13-29(21)24(32)14-28-27(36)37-15-20-18-8-3-1-6-16(18)17-7-2-4-9-19(17)20/h1-4,6-9,20-23,31H,5,10-15H2,(H,28,36)(H,34,35)/t21-,22-,23+/m1/s1. The van der Waals surface area contributed by atoms with Crippen LogP contribution in [-0.2, 0) is 19.1 Å². The van der Waals surface area contributed by atoms with Crippen LogP contribution in [0.4, 0.5) is 4.79 Å². The molecule has 2 aromatic carbocycles. The molecule has 2 heterocycles. The largest absolute Gasteiger partial charge is 0.480 e. The van der Waals surface area contributed by atoms with Gasteiger partial charge in [0, 0.05) is 12.5 Å². The number of rotatable bonds is 6. The molecule has 1 aliphatic carbocycles. The van der Waals surface area contributed by atoms with Gasteiger partial charge in [0.15, 0.2) is 0 Å². The summed E-state index contributed by atoms with van der Waals surface area (Å²) in [6, 6.07) is 14.0. The van der Waals surface area contributed by atoms with E-state index in [1.807, 2.05) is 48.5 Å². The number of aliphatic hydroxyl groups is 1. The van der Waals surface area contributed by atoms with Gasteiger partial charge in [0.25, 0.3) is 0 Å². The van der Waals surface area contributed by atoms with Crippen molar-refractivity contribution >= 4 is 23.9 Å². The van der Waals surface area contributed by atoms with Gasteiger partial charge in [-0.3, -0.25) is 9.59 Å². The molecule has 0 unspecified atom stereocenters.